The van der Waals surface area contributed by atoms with Crippen molar-refractivity contribution in [2.45, 2.75) is 18.8 Å². The van der Waals surface area contributed by atoms with E-state index in [1.54, 1.807) is 0 Å². The van der Waals surface area contributed by atoms with Gasteiger partial charge in [0.15, 0.2) is 29.1 Å². The number of hydrogen-bond donors (Lipinski definition) is 1. The molecule has 1 N–H and O–H groups in total. The first-order valence-corrected chi connectivity index (χ1v) is 11.2. The van der Waals surface area contributed by atoms with Crippen LogP contribution in [0.25, 0.3) is 0 Å². The van der Waals surface area contributed by atoms with Crippen LogP contribution in [0.3, 0.4) is 0 Å². The maximum atomic E-state index is 10.4. The van der Waals surface area contributed by atoms with Crippen molar-refractivity contribution in [2.75, 3.05) is 59.3 Å². The summed E-state index contributed by atoms with van der Waals surface area (Å²) < 4.78 is 28.1. The molecule has 3 heterocycles. The van der Waals surface area contributed by atoms with E-state index < -0.39 is 6.10 Å². The molecule has 0 unspecified atom stereocenters. The van der Waals surface area contributed by atoms with Gasteiger partial charge in [-0.3, -0.25) is 9.80 Å². The van der Waals surface area contributed by atoms with Crippen LogP contribution in [0, 0.1) is 0 Å². The SMILES string of the molecule is O[C@@H](COC[C@H]1COc2ccccc2O1)CN1CCN(Cc2ccc3c(c2)OCO3)CC1. The van der Waals surface area contributed by atoms with Gasteiger partial charge in [0.05, 0.1) is 19.3 Å². The largest absolute Gasteiger partial charge is 0.486 e. The van der Waals surface area contributed by atoms with E-state index in [4.69, 9.17) is 23.7 Å². The van der Waals surface area contributed by atoms with Crippen LogP contribution in [-0.4, -0.2) is 86.5 Å². The van der Waals surface area contributed by atoms with Gasteiger partial charge in [0, 0.05) is 39.3 Å². The molecule has 0 amide bonds. The van der Waals surface area contributed by atoms with Gasteiger partial charge in [0.2, 0.25) is 6.79 Å². The number of piperazine rings is 1. The van der Waals surface area contributed by atoms with Crippen LogP contribution in [0.4, 0.5) is 0 Å². The Balaban J connectivity index is 0.986. The molecule has 0 radical (unpaired) electrons. The molecule has 0 saturated carbocycles. The van der Waals surface area contributed by atoms with Crippen LogP contribution in [0.2, 0.25) is 0 Å². The molecule has 2 aromatic carbocycles. The molecule has 0 spiro atoms. The average molecular weight is 443 g/mol. The second kappa shape index (κ2) is 9.95. The highest BCUT2D eigenvalue weighted by molar-refractivity contribution is 5.44. The minimum Gasteiger partial charge on any atom is -0.486 e. The number of β-amino-alcohol motifs (C(OH)–C–C–N with tert-alkyl or cyclic N) is 1. The van der Waals surface area contributed by atoms with Crippen LogP contribution < -0.4 is 18.9 Å². The maximum Gasteiger partial charge on any atom is 0.231 e. The van der Waals surface area contributed by atoms with Gasteiger partial charge in [-0.15, -0.1) is 0 Å². The Morgan fingerprint density at radius 3 is 2.53 bits per heavy atom. The molecule has 2 atom stereocenters. The summed E-state index contributed by atoms with van der Waals surface area (Å²) in [4.78, 5) is 4.72. The average Bonchev–Trinajstić information content (AvgIpc) is 3.28. The lowest BCUT2D eigenvalue weighted by atomic mass is 10.1. The number of aliphatic hydroxyl groups excluding tert-OH is 1. The van der Waals surface area contributed by atoms with Crippen molar-refractivity contribution in [1.82, 2.24) is 9.80 Å². The molecule has 3 aliphatic heterocycles. The lowest BCUT2D eigenvalue weighted by Gasteiger charge is -2.35. The van der Waals surface area contributed by atoms with E-state index >= 15 is 0 Å². The summed E-state index contributed by atoms with van der Waals surface area (Å²) in [7, 11) is 0. The number of nitrogens with zero attached hydrogens (tertiary/aromatic N) is 2. The molecule has 0 aliphatic carbocycles. The third-order valence-corrected chi connectivity index (χ3v) is 5.96. The third kappa shape index (κ3) is 5.27. The van der Waals surface area contributed by atoms with Crippen LogP contribution in [0.5, 0.6) is 23.0 Å². The predicted octanol–water partition coefficient (Wildman–Crippen LogP) is 1.75. The number of rotatable bonds is 8. The second-order valence-electron chi connectivity index (χ2n) is 8.45. The topological polar surface area (TPSA) is 72.9 Å². The Kier molecular flexibility index (Phi) is 6.64. The Morgan fingerprint density at radius 1 is 0.906 bits per heavy atom. The molecule has 3 aliphatic rings. The molecular formula is C24H30N2O6. The summed E-state index contributed by atoms with van der Waals surface area (Å²) in [6, 6.07) is 13.8. The fourth-order valence-corrected chi connectivity index (χ4v) is 4.26. The molecule has 8 nitrogen and oxygen atoms in total. The van der Waals surface area contributed by atoms with Gasteiger partial charge in [0.1, 0.15) is 6.61 Å². The zero-order chi connectivity index (χ0) is 21.8. The standard InChI is InChI=1S/C24H30N2O6/c27-19(14-28-15-20-16-29-21-3-1-2-4-23(21)32-20)13-26-9-7-25(8-10-26)12-18-5-6-22-24(11-18)31-17-30-22/h1-6,11,19-20,27H,7-10,12-17H2/t19-,20+/m1/s1. The summed E-state index contributed by atoms with van der Waals surface area (Å²) >= 11 is 0. The van der Waals surface area contributed by atoms with E-state index in [9.17, 15) is 5.11 Å². The normalized spacial score (nSPS) is 21.5. The van der Waals surface area contributed by atoms with Crippen molar-refractivity contribution in [3.05, 3.63) is 48.0 Å². The number of fused-ring (bicyclic) bond motifs is 2. The summed E-state index contributed by atoms with van der Waals surface area (Å²) in [5.41, 5.74) is 1.23. The smallest absolute Gasteiger partial charge is 0.231 e. The lowest BCUT2D eigenvalue weighted by molar-refractivity contribution is -0.0322. The molecule has 8 heteroatoms. The van der Waals surface area contributed by atoms with Crippen molar-refractivity contribution in [3.63, 3.8) is 0 Å². The van der Waals surface area contributed by atoms with Gasteiger partial charge >= 0.3 is 0 Å². The van der Waals surface area contributed by atoms with Gasteiger partial charge < -0.3 is 28.8 Å². The molecule has 1 saturated heterocycles. The molecule has 0 bridgehead atoms. The molecular weight excluding hydrogens is 412 g/mol. The molecule has 5 rings (SSSR count). The van der Waals surface area contributed by atoms with E-state index in [1.165, 1.54) is 5.56 Å². The molecule has 2 aromatic rings. The monoisotopic (exact) mass is 442 g/mol. The van der Waals surface area contributed by atoms with E-state index in [-0.39, 0.29) is 6.10 Å². The second-order valence-corrected chi connectivity index (χ2v) is 8.45. The fraction of sp³-hybridized carbons (Fsp3) is 0.500. The van der Waals surface area contributed by atoms with E-state index in [1.807, 2.05) is 30.3 Å². The number of benzene rings is 2. The van der Waals surface area contributed by atoms with Gasteiger partial charge in [-0.05, 0) is 29.8 Å². The van der Waals surface area contributed by atoms with Crippen molar-refractivity contribution >= 4 is 0 Å². The van der Waals surface area contributed by atoms with Crippen LogP contribution in [-0.2, 0) is 11.3 Å². The highest BCUT2D eigenvalue weighted by Crippen LogP contribution is 2.33. The minimum absolute atomic E-state index is 0.156. The fourth-order valence-electron chi connectivity index (χ4n) is 4.26. The highest BCUT2D eigenvalue weighted by Gasteiger charge is 2.23. The molecule has 32 heavy (non-hydrogen) atoms. The van der Waals surface area contributed by atoms with Crippen LogP contribution in [0.1, 0.15) is 5.56 Å². The quantitative estimate of drug-likeness (QED) is 0.663. The molecule has 0 aromatic heterocycles. The summed E-state index contributed by atoms with van der Waals surface area (Å²) in [6.45, 7) is 6.75. The van der Waals surface area contributed by atoms with Crippen molar-refractivity contribution < 1.29 is 28.8 Å². The lowest BCUT2D eigenvalue weighted by Crippen LogP contribution is -2.48. The Labute approximate surface area is 188 Å². The molecule has 1 fully saturated rings. The van der Waals surface area contributed by atoms with Gasteiger partial charge in [-0.1, -0.05) is 18.2 Å². The Morgan fingerprint density at radius 2 is 1.66 bits per heavy atom. The number of aliphatic hydroxyl groups is 1. The predicted molar refractivity (Wildman–Crippen MR) is 117 cm³/mol. The maximum absolute atomic E-state index is 10.4. The van der Waals surface area contributed by atoms with Gasteiger partial charge in [-0.25, -0.2) is 0 Å². The minimum atomic E-state index is -0.521. The Bertz CT molecular complexity index is 902. The number of para-hydroxylation sites is 2. The van der Waals surface area contributed by atoms with E-state index in [0.29, 0.717) is 33.2 Å². The number of hydrogen-bond acceptors (Lipinski definition) is 8. The summed E-state index contributed by atoms with van der Waals surface area (Å²) in [5.74, 6) is 3.16. The zero-order valence-corrected chi connectivity index (χ0v) is 18.2. The van der Waals surface area contributed by atoms with Crippen molar-refractivity contribution in [2.24, 2.45) is 0 Å². The number of ether oxygens (including phenoxy) is 5. The van der Waals surface area contributed by atoms with E-state index in [2.05, 4.69) is 21.9 Å². The van der Waals surface area contributed by atoms with Gasteiger partial charge in [-0.2, -0.15) is 0 Å². The molecule has 172 valence electrons. The summed E-state index contributed by atoms with van der Waals surface area (Å²) in [6.07, 6.45) is -0.677. The first-order chi connectivity index (χ1) is 15.7. The highest BCUT2D eigenvalue weighted by atomic mass is 16.7. The zero-order valence-electron chi connectivity index (χ0n) is 18.2. The van der Waals surface area contributed by atoms with Gasteiger partial charge in [0.25, 0.3) is 0 Å². The van der Waals surface area contributed by atoms with Crippen LogP contribution >= 0.6 is 0 Å². The Hall–Kier alpha value is -2.52. The third-order valence-electron chi connectivity index (χ3n) is 5.96. The van der Waals surface area contributed by atoms with Crippen molar-refractivity contribution in [3.8, 4) is 23.0 Å². The summed E-state index contributed by atoms with van der Waals surface area (Å²) in [5, 5.41) is 10.4. The van der Waals surface area contributed by atoms with Crippen molar-refractivity contribution in [1.29, 1.82) is 0 Å². The first-order valence-electron chi connectivity index (χ1n) is 11.2. The first kappa shape index (κ1) is 21.3. The van der Waals surface area contributed by atoms with E-state index in [0.717, 1.165) is 55.7 Å². The van der Waals surface area contributed by atoms with Crippen LogP contribution in [0.15, 0.2) is 42.5 Å².